The van der Waals surface area contributed by atoms with Crippen molar-refractivity contribution in [3.8, 4) is 0 Å². The van der Waals surface area contributed by atoms with Crippen molar-refractivity contribution in [3.63, 3.8) is 0 Å². The summed E-state index contributed by atoms with van der Waals surface area (Å²) in [5.74, 6) is -1.15. The van der Waals surface area contributed by atoms with Crippen LogP contribution in [0.4, 0.5) is 5.69 Å². The van der Waals surface area contributed by atoms with E-state index in [1.54, 1.807) is 17.0 Å². The highest BCUT2D eigenvalue weighted by Crippen LogP contribution is 2.22. The minimum atomic E-state index is -0.639. The van der Waals surface area contributed by atoms with Crippen LogP contribution in [0.15, 0.2) is 18.2 Å². The minimum Gasteiger partial charge on any atom is -0.333 e. The lowest BCUT2D eigenvalue weighted by Crippen LogP contribution is -2.41. The molecule has 1 aromatic rings. The molecule has 1 aliphatic rings. The van der Waals surface area contributed by atoms with E-state index in [0.717, 1.165) is 18.5 Å². The van der Waals surface area contributed by atoms with Gasteiger partial charge in [0.2, 0.25) is 0 Å². The summed E-state index contributed by atoms with van der Waals surface area (Å²) in [6, 6.07) is 5.30. The average Bonchev–Trinajstić information content (AvgIpc) is 2.71. The Bertz CT molecular complexity index is 511. The van der Waals surface area contributed by atoms with E-state index in [2.05, 4.69) is 10.6 Å². The van der Waals surface area contributed by atoms with Crippen molar-refractivity contribution >= 4 is 29.1 Å². The highest BCUT2D eigenvalue weighted by molar-refractivity contribution is 6.41. The number of aryl methyl sites for hydroxylation is 1. The molecule has 6 heteroatoms. The molecule has 1 saturated heterocycles. The third-order valence-electron chi connectivity index (χ3n) is 3.19. The Morgan fingerprint density at radius 3 is 2.90 bits per heavy atom. The van der Waals surface area contributed by atoms with Crippen LogP contribution in [0.5, 0.6) is 0 Å². The molecule has 2 N–H and O–H groups in total. The summed E-state index contributed by atoms with van der Waals surface area (Å²) in [5, 5.41) is 6.20. The standard InChI is InChI=1S/C14H18ClN3O2/c1-10-3-4-11(15)12(9-10)17-13(19)14(20)18-7-2-5-16-6-8-18/h3-4,9,16H,2,5-8H2,1H3,(H,17,19). The first-order valence-electron chi connectivity index (χ1n) is 6.65. The number of halogens is 1. The Kier molecular flexibility index (Phi) is 4.98. The molecule has 0 aliphatic carbocycles. The van der Waals surface area contributed by atoms with Crippen LogP contribution in [0, 0.1) is 6.92 Å². The molecule has 0 aromatic heterocycles. The monoisotopic (exact) mass is 295 g/mol. The maximum atomic E-state index is 12.1. The fraction of sp³-hybridized carbons (Fsp3) is 0.429. The number of nitrogens with one attached hydrogen (secondary N) is 2. The fourth-order valence-electron chi connectivity index (χ4n) is 2.10. The second kappa shape index (κ2) is 6.72. The molecule has 108 valence electrons. The van der Waals surface area contributed by atoms with Crippen molar-refractivity contribution in [2.24, 2.45) is 0 Å². The van der Waals surface area contributed by atoms with E-state index < -0.39 is 11.8 Å². The molecule has 1 heterocycles. The zero-order valence-corrected chi connectivity index (χ0v) is 12.2. The summed E-state index contributed by atoms with van der Waals surface area (Å²) in [5.41, 5.74) is 1.44. The van der Waals surface area contributed by atoms with Gasteiger partial charge < -0.3 is 15.5 Å². The molecule has 0 saturated carbocycles. The molecule has 0 bridgehead atoms. The number of amides is 2. The number of rotatable bonds is 1. The second-order valence-corrected chi connectivity index (χ2v) is 5.24. The number of anilines is 1. The molecule has 1 aromatic carbocycles. The maximum absolute atomic E-state index is 12.1. The first-order valence-corrected chi connectivity index (χ1v) is 7.03. The van der Waals surface area contributed by atoms with Crippen LogP contribution in [-0.4, -0.2) is 42.9 Å². The number of carbonyl (C=O) groups excluding carboxylic acids is 2. The lowest BCUT2D eigenvalue weighted by molar-refractivity contribution is -0.143. The summed E-state index contributed by atoms with van der Waals surface area (Å²) in [6.45, 7) is 4.63. The summed E-state index contributed by atoms with van der Waals surface area (Å²) in [6.07, 6.45) is 0.851. The summed E-state index contributed by atoms with van der Waals surface area (Å²) in [4.78, 5) is 25.7. The maximum Gasteiger partial charge on any atom is 0.313 e. The first kappa shape index (κ1) is 14.8. The van der Waals surface area contributed by atoms with Gasteiger partial charge in [0.05, 0.1) is 10.7 Å². The van der Waals surface area contributed by atoms with Crippen LogP contribution in [0.3, 0.4) is 0 Å². The zero-order valence-electron chi connectivity index (χ0n) is 11.4. The van der Waals surface area contributed by atoms with Gasteiger partial charge in [0, 0.05) is 19.6 Å². The minimum absolute atomic E-state index is 0.425. The number of hydrogen-bond donors (Lipinski definition) is 2. The van der Waals surface area contributed by atoms with E-state index in [4.69, 9.17) is 11.6 Å². The van der Waals surface area contributed by atoms with Crippen LogP contribution in [0.2, 0.25) is 5.02 Å². The van der Waals surface area contributed by atoms with Crippen molar-refractivity contribution in [1.82, 2.24) is 10.2 Å². The van der Waals surface area contributed by atoms with Gasteiger partial charge in [-0.25, -0.2) is 0 Å². The van der Waals surface area contributed by atoms with Gasteiger partial charge in [-0.2, -0.15) is 0 Å². The molecule has 0 spiro atoms. The highest BCUT2D eigenvalue weighted by Gasteiger charge is 2.23. The Morgan fingerprint density at radius 1 is 1.30 bits per heavy atom. The molecule has 2 amide bonds. The Balaban J connectivity index is 2.03. The first-order chi connectivity index (χ1) is 9.58. The Hall–Kier alpha value is -1.59. The van der Waals surface area contributed by atoms with Crippen LogP contribution < -0.4 is 10.6 Å². The van der Waals surface area contributed by atoms with Gasteiger partial charge in [-0.05, 0) is 37.6 Å². The van der Waals surface area contributed by atoms with Crippen LogP contribution in [0.1, 0.15) is 12.0 Å². The molecule has 1 aliphatic heterocycles. The lowest BCUT2D eigenvalue weighted by atomic mass is 10.2. The molecular weight excluding hydrogens is 278 g/mol. The second-order valence-electron chi connectivity index (χ2n) is 4.83. The molecule has 5 nitrogen and oxygen atoms in total. The molecular formula is C14H18ClN3O2. The third-order valence-corrected chi connectivity index (χ3v) is 3.52. The predicted octanol–water partition coefficient (Wildman–Crippen LogP) is 1.41. The van der Waals surface area contributed by atoms with Gasteiger partial charge in [0.15, 0.2) is 0 Å². The number of benzene rings is 1. The van der Waals surface area contributed by atoms with E-state index >= 15 is 0 Å². The van der Waals surface area contributed by atoms with Gasteiger partial charge in [-0.3, -0.25) is 9.59 Å². The average molecular weight is 296 g/mol. The van der Waals surface area contributed by atoms with Gasteiger partial charge in [-0.15, -0.1) is 0 Å². The van der Waals surface area contributed by atoms with Gasteiger partial charge >= 0.3 is 11.8 Å². The Morgan fingerprint density at radius 2 is 2.10 bits per heavy atom. The number of nitrogens with zero attached hydrogens (tertiary/aromatic N) is 1. The molecule has 0 radical (unpaired) electrons. The van der Waals surface area contributed by atoms with Gasteiger partial charge in [-0.1, -0.05) is 17.7 Å². The van der Waals surface area contributed by atoms with Crippen molar-refractivity contribution in [1.29, 1.82) is 0 Å². The third kappa shape index (κ3) is 3.71. The van der Waals surface area contributed by atoms with E-state index in [0.29, 0.717) is 30.3 Å². The van der Waals surface area contributed by atoms with Crippen molar-refractivity contribution in [2.45, 2.75) is 13.3 Å². The summed E-state index contributed by atoms with van der Waals surface area (Å²) < 4.78 is 0. The quantitative estimate of drug-likeness (QED) is 0.770. The van der Waals surface area contributed by atoms with Gasteiger partial charge in [0.25, 0.3) is 0 Å². The van der Waals surface area contributed by atoms with E-state index in [1.807, 2.05) is 13.0 Å². The normalized spacial score (nSPS) is 15.6. The highest BCUT2D eigenvalue weighted by atomic mass is 35.5. The van der Waals surface area contributed by atoms with E-state index in [-0.39, 0.29) is 0 Å². The van der Waals surface area contributed by atoms with E-state index in [1.165, 1.54) is 0 Å². The molecule has 1 fully saturated rings. The predicted molar refractivity (Wildman–Crippen MR) is 78.9 cm³/mol. The fourth-order valence-corrected chi connectivity index (χ4v) is 2.27. The molecule has 2 rings (SSSR count). The van der Waals surface area contributed by atoms with Crippen LogP contribution in [-0.2, 0) is 9.59 Å². The summed E-state index contributed by atoms with van der Waals surface area (Å²) in [7, 11) is 0. The topological polar surface area (TPSA) is 61.4 Å². The van der Waals surface area contributed by atoms with Crippen molar-refractivity contribution in [3.05, 3.63) is 28.8 Å². The smallest absolute Gasteiger partial charge is 0.313 e. The number of hydrogen-bond acceptors (Lipinski definition) is 3. The van der Waals surface area contributed by atoms with Crippen molar-refractivity contribution < 1.29 is 9.59 Å². The van der Waals surface area contributed by atoms with Crippen LogP contribution >= 0.6 is 11.6 Å². The number of carbonyl (C=O) groups is 2. The van der Waals surface area contributed by atoms with Gasteiger partial charge in [0.1, 0.15) is 0 Å². The van der Waals surface area contributed by atoms with Crippen LogP contribution in [0.25, 0.3) is 0 Å². The molecule has 0 unspecified atom stereocenters. The van der Waals surface area contributed by atoms with Crippen molar-refractivity contribution in [2.75, 3.05) is 31.5 Å². The lowest BCUT2D eigenvalue weighted by Gasteiger charge is -2.19. The molecule has 20 heavy (non-hydrogen) atoms. The van der Waals surface area contributed by atoms with E-state index in [9.17, 15) is 9.59 Å². The SMILES string of the molecule is Cc1ccc(Cl)c(NC(=O)C(=O)N2CCCNCC2)c1. The largest absolute Gasteiger partial charge is 0.333 e. The summed E-state index contributed by atoms with van der Waals surface area (Å²) >= 11 is 6.01. The zero-order chi connectivity index (χ0) is 14.5. The Labute approximate surface area is 123 Å². The molecule has 0 atom stereocenters.